The quantitative estimate of drug-likeness (QED) is 0.199. The van der Waals surface area contributed by atoms with Gasteiger partial charge in [0, 0.05) is 35.5 Å². The first-order valence-electron chi connectivity index (χ1n) is 12.3. The summed E-state index contributed by atoms with van der Waals surface area (Å²) in [6.07, 6.45) is 0.502. The van der Waals surface area contributed by atoms with E-state index < -0.39 is 11.8 Å². The van der Waals surface area contributed by atoms with Gasteiger partial charge in [0.1, 0.15) is 29.5 Å². The summed E-state index contributed by atoms with van der Waals surface area (Å²) in [5.74, 6) is -0.294. The number of halogens is 1. The summed E-state index contributed by atoms with van der Waals surface area (Å²) in [5, 5.41) is 13.1. The molecule has 1 heterocycles. The Balaban J connectivity index is 1.36. The second kappa shape index (κ2) is 11.7. The topological polar surface area (TPSA) is 88.8 Å². The number of para-hydroxylation sites is 1. The van der Waals surface area contributed by atoms with E-state index in [1.807, 2.05) is 42.5 Å². The highest BCUT2D eigenvalue weighted by atomic mass is 19.1. The van der Waals surface area contributed by atoms with E-state index in [9.17, 15) is 14.0 Å². The zero-order valence-electron chi connectivity index (χ0n) is 20.9. The van der Waals surface area contributed by atoms with Gasteiger partial charge in [0.2, 0.25) is 0 Å². The van der Waals surface area contributed by atoms with Crippen molar-refractivity contribution in [2.24, 2.45) is 5.92 Å². The number of carboxylic acids is 1. The maximum Gasteiger partial charge on any atom is 0.303 e. The highest BCUT2D eigenvalue weighted by Crippen LogP contribution is 2.31. The lowest BCUT2D eigenvalue weighted by atomic mass is 10.0. The van der Waals surface area contributed by atoms with Crippen LogP contribution < -0.4 is 10.1 Å². The number of furan rings is 1. The molecule has 7 heteroatoms. The van der Waals surface area contributed by atoms with E-state index >= 15 is 0 Å². The van der Waals surface area contributed by atoms with Crippen LogP contribution in [0.2, 0.25) is 0 Å². The van der Waals surface area contributed by atoms with Crippen LogP contribution in [0.3, 0.4) is 0 Å². The maximum atomic E-state index is 14.9. The first-order chi connectivity index (χ1) is 17.8. The number of rotatable bonds is 12. The van der Waals surface area contributed by atoms with Crippen LogP contribution in [0.15, 0.2) is 77.2 Å². The molecule has 0 radical (unpaired) electrons. The van der Waals surface area contributed by atoms with Crippen molar-refractivity contribution in [3.63, 3.8) is 0 Å². The number of anilines is 1. The van der Waals surface area contributed by atoms with Crippen LogP contribution in [0.1, 0.15) is 43.5 Å². The minimum absolute atomic E-state index is 0.0199. The fourth-order valence-electron chi connectivity index (χ4n) is 4.00. The van der Waals surface area contributed by atoms with Crippen molar-refractivity contribution in [2.75, 3.05) is 11.9 Å². The molecule has 2 N–H and O–H groups in total. The van der Waals surface area contributed by atoms with E-state index in [0.29, 0.717) is 41.2 Å². The monoisotopic (exact) mass is 503 g/mol. The van der Waals surface area contributed by atoms with Crippen molar-refractivity contribution < 1.29 is 28.2 Å². The number of carbonyl (C=O) groups excluding carboxylic acids is 1. The third-order valence-corrected chi connectivity index (χ3v) is 6.22. The van der Waals surface area contributed by atoms with E-state index in [4.69, 9.17) is 14.3 Å². The van der Waals surface area contributed by atoms with Gasteiger partial charge in [-0.05, 0) is 60.9 Å². The molecule has 1 aromatic heterocycles. The minimum atomic E-state index is -0.904. The van der Waals surface area contributed by atoms with Gasteiger partial charge in [-0.2, -0.15) is 0 Å². The van der Waals surface area contributed by atoms with Crippen molar-refractivity contribution in [3.05, 3.63) is 84.2 Å². The first-order valence-corrected chi connectivity index (χ1v) is 12.3. The maximum absolute atomic E-state index is 14.9. The minimum Gasteiger partial charge on any atom is -0.491 e. The van der Waals surface area contributed by atoms with Crippen molar-refractivity contribution >= 4 is 28.4 Å². The molecule has 0 aliphatic carbocycles. The number of Topliss-reactive ketones (excluding diaryl/α,β-unsaturated/α-hetero) is 1. The number of nitrogens with one attached hydrogen (secondary N) is 1. The molecule has 0 unspecified atom stereocenters. The number of hydrogen-bond donors (Lipinski definition) is 2. The van der Waals surface area contributed by atoms with Crippen molar-refractivity contribution in [1.29, 1.82) is 0 Å². The zero-order valence-corrected chi connectivity index (χ0v) is 20.9. The van der Waals surface area contributed by atoms with Crippen LogP contribution in [0.4, 0.5) is 10.1 Å². The van der Waals surface area contributed by atoms with Crippen LogP contribution in [-0.2, 0) is 4.79 Å². The molecular formula is C30H30FNO5. The number of carbonyl (C=O) groups is 2. The third-order valence-electron chi connectivity index (χ3n) is 6.22. The Labute approximate surface area is 215 Å². The largest absolute Gasteiger partial charge is 0.491 e. The predicted molar refractivity (Wildman–Crippen MR) is 142 cm³/mol. The van der Waals surface area contributed by atoms with Gasteiger partial charge in [-0.1, -0.05) is 32.0 Å². The number of benzene rings is 3. The zero-order chi connectivity index (χ0) is 26.4. The summed E-state index contributed by atoms with van der Waals surface area (Å²) in [4.78, 5) is 22.9. The van der Waals surface area contributed by atoms with Gasteiger partial charge >= 0.3 is 5.97 Å². The normalized spacial score (nSPS) is 12.0. The second-order valence-corrected chi connectivity index (χ2v) is 9.34. The molecule has 37 heavy (non-hydrogen) atoms. The molecule has 0 aliphatic heterocycles. The lowest BCUT2D eigenvalue weighted by Gasteiger charge is -2.24. The molecule has 0 aliphatic rings. The Kier molecular flexibility index (Phi) is 8.23. The fourth-order valence-corrected chi connectivity index (χ4v) is 4.00. The molecule has 4 rings (SSSR count). The molecule has 0 spiro atoms. The SMILES string of the molecule is CC(C)[C@@H](COc1ccc(-c2cc3ccccc3o2)c(F)c1)Nc1ccc(C(=O)CCCC(=O)O)cc1. The van der Waals surface area contributed by atoms with E-state index in [-0.39, 0.29) is 30.6 Å². The molecule has 0 amide bonds. The number of ketones is 1. The first kappa shape index (κ1) is 25.9. The third kappa shape index (κ3) is 6.76. The lowest BCUT2D eigenvalue weighted by molar-refractivity contribution is -0.137. The van der Waals surface area contributed by atoms with Gasteiger partial charge in [0.25, 0.3) is 0 Å². The predicted octanol–water partition coefficient (Wildman–Crippen LogP) is 7.19. The summed E-state index contributed by atoms with van der Waals surface area (Å²) in [6, 6.07) is 21.2. The van der Waals surface area contributed by atoms with Gasteiger partial charge < -0.3 is 19.6 Å². The average Bonchev–Trinajstić information content (AvgIpc) is 3.30. The Hall–Kier alpha value is -4.13. The molecule has 0 saturated carbocycles. The Morgan fingerprint density at radius 3 is 2.43 bits per heavy atom. The molecule has 1 atom stereocenters. The summed E-state index contributed by atoms with van der Waals surface area (Å²) in [7, 11) is 0. The molecule has 0 saturated heterocycles. The summed E-state index contributed by atoms with van der Waals surface area (Å²) < 4.78 is 26.6. The molecule has 6 nitrogen and oxygen atoms in total. The van der Waals surface area contributed by atoms with Crippen LogP contribution in [0.25, 0.3) is 22.3 Å². The molecular weight excluding hydrogens is 473 g/mol. The highest BCUT2D eigenvalue weighted by Gasteiger charge is 2.17. The number of carboxylic acid groups (broad SMARTS) is 1. The van der Waals surface area contributed by atoms with Crippen LogP contribution >= 0.6 is 0 Å². The fraction of sp³-hybridized carbons (Fsp3) is 0.267. The van der Waals surface area contributed by atoms with Gasteiger partial charge in [-0.15, -0.1) is 0 Å². The Morgan fingerprint density at radius 2 is 1.76 bits per heavy atom. The number of aliphatic carboxylic acids is 1. The van der Waals surface area contributed by atoms with E-state index in [0.717, 1.165) is 11.1 Å². The summed E-state index contributed by atoms with van der Waals surface area (Å²) >= 11 is 0. The number of hydrogen-bond acceptors (Lipinski definition) is 5. The van der Waals surface area contributed by atoms with Gasteiger partial charge in [0.05, 0.1) is 11.6 Å². The van der Waals surface area contributed by atoms with Crippen molar-refractivity contribution in [2.45, 2.75) is 39.2 Å². The molecule has 3 aromatic carbocycles. The molecule has 192 valence electrons. The average molecular weight is 504 g/mol. The molecule has 0 fully saturated rings. The lowest BCUT2D eigenvalue weighted by Crippen LogP contribution is -2.32. The molecule has 4 aromatic rings. The van der Waals surface area contributed by atoms with Gasteiger partial charge in [-0.3, -0.25) is 9.59 Å². The van der Waals surface area contributed by atoms with Crippen LogP contribution in [0, 0.1) is 11.7 Å². The van der Waals surface area contributed by atoms with Gasteiger partial charge in [-0.25, -0.2) is 4.39 Å². The van der Waals surface area contributed by atoms with Crippen LogP contribution in [-0.4, -0.2) is 29.5 Å². The smallest absolute Gasteiger partial charge is 0.303 e. The highest BCUT2D eigenvalue weighted by molar-refractivity contribution is 5.96. The standard InChI is InChI=1S/C30H30FNO5/c1-19(2)26(32-22-12-10-20(11-13-22)27(33)7-5-9-30(34)35)18-36-23-14-15-24(25(31)17-23)29-16-21-6-3-4-8-28(21)37-29/h3-4,6,8,10-17,19,26,32H,5,7,9,18H2,1-2H3,(H,34,35)/t26-/m1/s1. The van der Waals surface area contributed by atoms with Gasteiger partial charge in [0.15, 0.2) is 5.78 Å². The second-order valence-electron chi connectivity index (χ2n) is 9.34. The van der Waals surface area contributed by atoms with Crippen LogP contribution in [0.5, 0.6) is 5.75 Å². The van der Waals surface area contributed by atoms with E-state index in [1.165, 1.54) is 6.07 Å². The number of fused-ring (bicyclic) bond motifs is 1. The summed E-state index contributed by atoms with van der Waals surface area (Å²) in [5.41, 5.74) is 2.46. The Bertz CT molecular complexity index is 1340. The van der Waals surface area contributed by atoms with E-state index in [2.05, 4.69) is 19.2 Å². The van der Waals surface area contributed by atoms with Crippen molar-refractivity contribution in [1.82, 2.24) is 0 Å². The Morgan fingerprint density at radius 1 is 1.00 bits per heavy atom. The summed E-state index contributed by atoms with van der Waals surface area (Å²) in [6.45, 7) is 4.44. The molecule has 0 bridgehead atoms. The van der Waals surface area contributed by atoms with E-state index in [1.54, 1.807) is 24.3 Å². The number of ether oxygens (including phenoxy) is 1. The van der Waals surface area contributed by atoms with Crippen molar-refractivity contribution in [3.8, 4) is 17.1 Å².